The van der Waals surface area contributed by atoms with Gasteiger partial charge in [-0.2, -0.15) is 13.2 Å². The number of halogens is 4. The highest BCUT2D eigenvalue weighted by molar-refractivity contribution is 9.09. The Bertz CT molecular complexity index is 677. The predicted molar refractivity (Wildman–Crippen MR) is 79.7 cm³/mol. The maximum absolute atomic E-state index is 12.7. The van der Waals surface area contributed by atoms with Gasteiger partial charge in [0.25, 0.3) is 0 Å². The van der Waals surface area contributed by atoms with Crippen molar-refractivity contribution in [3.8, 4) is 11.1 Å². The lowest BCUT2D eigenvalue weighted by molar-refractivity contribution is -0.137. The molecular weight excluding hydrogens is 345 g/mol. The summed E-state index contributed by atoms with van der Waals surface area (Å²) >= 11 is 3.11. The summed E-state index contributed by atoms with van der Waals surface area (Å²) in [5, 5.41) is 0.219. The van der Waals surface area contributed by atoms with E-state index in [0.717, 1.165) is 17.7 Å². The van der Waals surface area contributed by atoms with E-state index in [-0.39, 0.29) is 11.1 Å². The Hall–Kier alpha value is -1.62. The Morgan fingerprint density at radius 2 is 1.76 bits per heavy atom. The van der Waals surface area contributed by atoms with Crippen LogP contribution in [-0.4, -0.2) is 11.1 Å². The van der Waals surface area contributed by atoms with Gasteiger partial charge in [0.1, 0.15) is 0 Å². The third-order valence-corrected chi connectivity index (χ3v) is 3.68. The Morgan fingerprint density at radius 1 is 1.10 bits per heavy atom. The van der Waals surface area contributed by atoms with Crippen LogP contribution >= 0.6 is 15.9 Å². The van der Waals surface area contributed by atoms with E-state index >= 15 is 0 Å². The van der Waals surface area contributed by atoms with E-state index in [2.05, 4.69) is 15.9 Å². The van der Waals surface area contributed by atoms with E-state index in [0.29, 0.717) is 16.7 Å². The Kier molecular flexibility index (Phi) is 4.52. The summed E-state index contributed by atoms with van der Waals surface area (Å²) in [7, 11) is 0. The standard InChI is InChI=1S/C16H12BrF3O/c1-10-7-12(5-6-14(10)15(21)9-17)11-3-2-4-13(8-11)16(18,19)20/h2-8H,9H2,1H3. The summed E-state index contributed by atoms with van der Waals surface area (Å²) in [4.78, 5) is 11.7. The Morgan fingerprint density at radius 3 is 2.33 bits per heavy atom. The molecule has 2 aromatic carbocycles. The van der Waals surface area contributed by atoms with Gasteiger partial charge in [-0.1, -0.05) is 46.3 Å². The third-order valence-electron chi connectivity index (χ3n) is 3.17. The lowest BCUT2D eigenvalue weighted by Gasteiger charge is -2.10. The van der Waals surface area contributed by atoms with Gasteiger partial charge < -0.3 is 0 Å². The van der Waals surface area contributed by atoms with Crippen molar-refractivity contribution in [2.45, 2.75) is 13.1 Å². The predicted octanol–water partition coefficient (Wildman–Crippen LogP) is 5.26. The van der Waals surface area contributed by atoms with Crippen molar-refractivity contribution in [2.24, 2.45) is 0 Å². The fourth-order valence-corrected chi connectivity index (χ4v) is 2.41. The highest BCUT2D eigenvalue weighted by atomic mass is 79.9. The molecule has 0 radical (unpaired) electrons. The number of hydrogen-bond acceptors (Lipinski definition) is 1. The number of carbonyl (C=O) groups excluding carboxylic acids is 1. The van der Waals surface area contributed by atoms with Gasteiger partial charge in [0.2, 0.25) is 0 Å². The van der Waals surface area contributed by atoms with Crippen LogP contribution in [0.2, 0.25) is 0 Å². The minimum absolute atomic E-state index is 0.0527. The van der Waals surface area contributed by atoms with Gasteiger partial charge in [0.05, 0.1) is 10.9 Å². The van der Waals surface area contributed by atoms with E-state index in [9.17, 15) is 18.0 Å². The van der Waals surface area contributed by atoms with Crippen LogP contribution in [0.5, 0.6) is 0 Å². The van der Waals surface area contributed by atoms with Crippen LogP contribution in [0.1, 0.15) is 21.5 Å². The zero-order valence-corrected chi connectivity index (χ0v) is 12.8. The topological polar surface area (TPSA) is 17.1 Å². The number of rotatable bonds is 3. The highest BCUT2D eigenvalue weighted by Crippen LogP contribution is 2.32. The average molecular weight is 357 g/mol. The summed E-state index contributed by atoms with van der Waals surface area (Å²) in [6.45, 7) is 1.77. The van der Waals surface area contributed by atoms with Crippen LogP contribution in [0.15, 0.2) is 42.5 Å². The van der Waals surface area contributed by atoms with Gasteiger partial charge in [-0.15, -0.1) is 0 Å². The van der Waals surface area contributed by atoms with E-state index in [4.69, 9.17) is 0 Å². The quantitative estimate of drug-likeness (QED) is 0.541. The molecule has 0 saturated carbocycles. The number of hydrogen-bond donors (Lipinski definition) is 0. The van der Waals surface area contributed by atoms with Gasteiger partial charge in [0, 0.05) is 5.56 Å². The normalized spacial score (nSPS) is 11.5. The number of aryl methyl sites for hydroxylation is 1. The van der Waals surface area contributed by atoms with Gasteiger partial charge in [0.15, 0.2) is 5.78 Å². The number of carbonyl (C=O) groups is 1. The fraction of sp³-hybridized carbons (Fsp3) is 0.188. The second-order valence-electron chi connectivity index (χ2n) is 4.67. The van der Waals surface area contributed by atoms with Crippen LogP contribution in [0.25, 0.3) is 11.1 Å². The van der Waals surface area contributed by atoms with E-state index in [1.165, 1.54) is 6.07 Å². The van der Waals surface area contributed by atoms with Crippen molar-refractivity contribution in [2.75, 3.05) is 5.33 Å². The maximum Gasteiger partial charge on any atom is 0.416 e. The third kappa shape index (κ3) is 3.53. The van der Waals surface area contributed by atoms with Crippen molar-refractivity contribution in [1.29, 1.82) is 0 Å². The maximum atomic E-state index is 12.7. The van der Waals surface area contributed by atoms with Gasteiger partial charge >= 0.3 is 6.18 Å². The Balaban J connectivity index is 2.44. The first-order valence-corrected chi connectivity index (χ1v) is 7.32. The molecule has 0 bridgehead atoms. The van der Waals surface area contributed by atoms with Crippen molar-refractivity contribution < 1.29 is 18.0 Å². The molecule has 0 aliphatic carbocycles. The minimum atomic E-state index is -4.36. The monoisotopic (exact) mass is 356 g/mol. The average Bonchev–Trinajstić information content (AvgIpc) is 2.45. The van der Waals surface area contributed by atoms with Crippen LogP contribution in [0.4, 0.5) is 13.2 Å². The first kappa shape index (κ1) is 15.8. The molecule has 1 nitrogen and oxygen atoms in total. The van der Waals surface area contributed by atoms with Crippen LogP contribution in [0.3, 0.4) is 0 Å². The van der Waals surface area contributed by atoms with Gasteiger partial charge in [-0.05, 0) is 35.7 Å². The molecular formula is C16H12BrF3O. The number of Topliss-reactive ketones (excluding diaryl/α,β-unsaturated/α-hetero) is 1. The van der Waals surface area contributed by atoms with Crippen LogP contribution in [-0.2, 0) is 6.18 Å². The molecule has 5 heteroatoms. The lowest BCUT2D eigenvalue weighted by atomic mass is 9.97. The molecule has 0 fully saturated rings. The first-order valence-electron chi connectivity index (χ1n) is 6.20. The molecule has 0 amide bonds. The molecule has 0 heterocycles. The fourth-order valence-electron chi connectivity index (χ4n) is 2.10. The van der Waals surface area contributed by atoms with Crippen molar-refractivity contribution >= 4 is 21.7 Å². The van der Waals surface area contributed by atoms with Gasteiger partial charge in [-0.25, -0.2) is 0 Å². The molecule has 0 unspecified atom stereocenters. The number of ketones is 1. The second-order valence-corrected chi connectivity index (χ2v) is 5.23. The molecule has 0 N–H and O–H groups in total. The molecule has 2 aromatic rings. The molecule has 0 saturated heterocycles. The minimum Gasteiger partial charge on any atom is -0.293 e. The molecule has 110 valence electrons. The molecule has 21 heavy (non-hydrogen) atoms. The molecule has 0 aromatic heterocycles. The van der Waals surface area contributed by atoms with Crippen molar-refractivity contribution in [1.82, 2.24) is 0 Å². The SMILES string of the molecule is Cc1cc(-c2cccc(C(F)(F)F)c2)ccc1C(=O)CBr. The summed E-state index contributed by atoms with van der Waals surface area (Å²) in [6.07, 6.45) is -4.36. The first-order chi connectivity index (χ1) is 9.82. The van der Waals surface area contributed by atoms with Crippen LogP contribution in [0, 0.1) is 6.92 Å². The van der Waals surface area contributed by atoms with Crippen molar-refractivity contribution in [3.63, 3.8) is 0 Å². The number of benzene rings is 2. The van der Waals surface area contributed by atoms with E-state index in [1.807, 2.05) is 0 Å². The van der Waals surface area contributed by atoms with Crippen LogP contribution < -0.4 is 0 Å². The number of alkyl halides is 4. The zero-order chi connectivity index (χ0) is 15.6. The smallest absolute Gasteiger partial charge is 0.293 e. The van der Waals surface area contributed by atoms with E-state index < -0.39 is 11.7 Å². The summed E-state index contributed by atoms with van der Waals surface area (Å²) in [5.74, 6) is -0.0527. The molecule has 0 spiro atoms. The largest absolute Gasteiger partial charge is 0.416 e. The summed E-state index contributed by atoms with van der Waals surface area (Å²) < 4.78 is 38.2. The molecule has 2 rings (SSSR count). The summed E-state index contributed by atoms with van der Waals surface area (Å²) in [5.41, 5.74) is 1.77. The molecule has 0 aliphatic heterocycles. The summed E-state index contributed by atoms with van der Waals surface area (Å²) in [6, 6.07) is 10.2. The van der Waals surface area contributed by atoms with E-state index in [1.54, 1.807) is 31.2 Å². The highest BCUT2D eigenvalue weighted by Gasteiger charge is 2.30. The second kappa shape index (κ2) is 6.02. The molecule has 0 atom stereocenters. The molecule has 0 aliphatic rings. The zero-order valence-electron chi connectivity index (χ0n) is 11.2. The Labute approximate surface area is 128 Å². The van der Waals surface area contributed by atoms with Crippen molar-refractivity contribution in [3.05, 3.63) is 59.2 Å². The lowest BCUT2D eigenvalue weighted by Crippen LogP contribution is -2.05. The van der Waals surface area contributed by atoms with Gasteiger partial charge in [-0.3, -0.25) is 4.79 Å².